The number of rotatable bonds is 7. The highest BCUT2D eigenvalue weighted by molar-refractivity contribution is 6.22. The van der Waals surface area contributed by atoms with Crippen LogP contribution in [0.15, 0.2) is 30.9 Å². The lowest BCUT2D eigenvalue weighted by atomic mass is 10.1. The molecule has 0 spiro atoms. The number of imide groups is 1. The fraction of sp³-hybridized carbons (Fsp3) is 0.429. The SMILES string of the molecule is C=CCN1C(=O)c2ccc(C(=O)O[C@H](C)C(=O)N(C(C)C)C(C)C)cc2C1=O. The summed E-state index contributed by atoms with van der Waals surface area (Å²) in [5.74, 6) is -1.92. The molecule has 3 amide bonds. The number of ether oxygens (including phenoxy) is 1. The Kier molecular flexibility index (Phi) is 6.38. The molecule has 150 valence electrons. The summed E-state index contributed by atoms with van der Waals surface area (Å²) in [5.41, 5.74) is 0.491. The minimum absolute atomic E-state index is 0.0341. The van der Waals surface area contributed by atoms with Crippen molar-refractivity contribution in [2.45, 2.75) is 52.8 Å². The number of hydrogen-bond donors (Lipinski definition) is 0. The highest BCUT2D eigenvalue weighted by Crippen LogP contribution is 2.24. The van der Waals surface area contributed by atoms with Gasteiger partial charge in [-0.15, -0.1) is 6.58 Å². The lowest BCUT2D eigenvalue weighted by Crippen LogP contribution is -2.47. The predicted molar refractivity (Wildman–Crippen MR) is 104 cm³/mol. The third kappa shape index (κ3) is 3.98. The standard InChI is InChI=1S/C21H26N2O5/c1-7-10-22-19(25)16-9-8-15(11-17(16)20(22)26)21(27)28-14(6)18(24)23(12(2)3)13(4)5/h7-9,11-14H,1,10H2,2-6H3/t14-/m1/s1. The summed E-state index contributed by atoms with van der Waals surface area (Å²) in [4.78, 5) is 52.5. The summed E-state index contributed by atoms with van der Waals surface area (Å²) in [6.07, 6.45) is 0.486. The molecule has 1 heterocycles. The summed E-state index contributed by atoms with van der Waals surface area (Å²) >= 11 is 0. The quantitative estimate of drug-likeness (QED) is 0.409. The molecule has 1 aromatic rings. The van der Waals surface area contributed by atoms with Crippen LogP contribution in [0.4, 0.5) is 0 Å². The number of hydrogen-bond acceptors (Lipinski definition) is 5. The van der Waals surface area contributed by atoms with Crippen molar-refractivity contribution in [3.63, 3.8) is 0 Å². The predicted octanol–water partition coefficient (Wildman–Crippen LogP) is 2.66. The lowest BCUT2D eigenvalue weighted by molar-refractivity contribution is -0.143. The Morgan fingerprint density at radius 2 is 1.64 bits per heavy atom. The first-order valence-corrected chi connectivity index (χ1v) is 9.24. The molecular formula is C21H26N2O5. The van der Waals surface area contributed by atoms with E-state index in [0.29, 0.717) is 0 Å². The average molecular weight is 386 g/mol. The summed E-state index contributed by atoms with van der Waals surface area (Å²) < 4.78 is 5.32. The van der Waals surface area contributed by atoms with Gasteiger partial charge in [-0.25, -0.2) is 4.79 Å². The van der Waals surface area contributed by atoms with Gasteiger partial charge in [-0.2, -0.15) is 0 Å². The van der Waals surface area contributed by atoms with Gasteiger partial charge in [0.25, 0.3) is 17.7 Å². The maximum atomic E-state index is 12.6. The van der Waals surface area contributed by atoms with Gasteiger partial charge in [-0.05, 0) is 52.8 Å². The van der Waals surface area contributed by atoms with Crippen molar-refractivity contribution in [3.8, 4) is 0 Å². The summed E-state index contributed by atoms with van der Waals surface area (Å²) in [6.45, 7) is 12.7. The fourth-order valence-electron chi connectivity index (χ4n) is 3.31. The maximum Gasteiger partial charge on any atom is 0.338 e. The van der Waals surface area contributed by atoms with Crippen LogP contribution in [0.1, 0.15) is 65.7 Å². The lowest BCUT2D eigenvalue weighted by Gasteiger charge is -2.32. The number of benzene rings is 1. The number of amides is 3. The van der Waals surface area contributed by atoms with E-state index < -0.39 is 23.9 Å². The third-order valence-electron chi connectivity index (χ3n) is 4.52. The van der Waals surface area contributed by atoms with Crippen LogP contribution >= 0.6 is 0 Å². The van der Waals surface area contributed by atoms with Crippen LogP contribution in [0.25, 0.3) is 0 Å². The molecule has 0 radical (unpaired) electrons. The molecule has 1 atom stereocenters. The van der Waals surface area contributed by atoms with E-state index in [9.17, 15) is 19.2 Å². The molecule has 2 rings (SSSR count). The van der Waals surface area contributed by atoms with Crippen LogP contribution < -0.4 is 0 Å². The van der Waals surface area contributed by atoms with E-state index in [1.807, 2.05) is 27.7 Å². The molecule has 0 saturated heterocycles. The highest BCUT2D eigenvalue weighted by atomic mass is 16.5. The van der Waals surface area contributed by atoms with Gasteiger partial charge in [-0.1, -0.05) is 6.08 Å². The first-order chi connectivity index (χ1) is 13.1. The fourth-order valence-corrected chi connectivity index (χ4v) is 3.31. The van der Waals surface area contributed by atoms with E-state index in [1.165, 1.54) is 31.2 Å². The first-order valence-electron chi connectivity index (χ1n) is 9.24. The zero-order valence-electron chi connectivity index (χ0n) is 16.9. The van der Waals surface area contributed by atoms with Crippen LogP contribution in [-0.4, -0.2) is 58.2 Å². The van der Waals surface area contributed by atoms with Gasteiger partial charge in [0.15, 0.2) is 6.10 Å². The smallest absolute Gasteiger partial charge is 0.338 e. The van der Waals surface area contributed by atoms with E-state index in [4.69, 9.17) is 4.74 Å². The Labute approximate surface area is 164 Å². The molecule has 0 N–H and O–H groups in total. The van der Waals surface area contributed by atoms with Crippen molar-refractivity contribution in [2.24, 2.45) is 0 Å². The second kappa shape index (κ2) is 8.37. The van der Waals surface area contributed by atoms with Gasteiger partial charge >= 0.3 is 5.97 Å². The zero-order valence-corrected chi connectivity index (χ0v) is 16.9. The van der Waals surface area contributed by atoms with Crippen molar-refractivity contribution in [2.75, 3.05) is 6.54 Å². The molecule has 1 aromatic carbocycles. The van der Waals surface area contributed by atoms with E-state index in [2.05, 4.69) is 6.58 Å². The van der Waals surface area contributed by atoms with Crippen LogP contribution in [0, 0.1) is 0 Å². The van der Waals surface area contributed by atoms with E-state index in [1.54, 1.807) is 4.90 Å². The van der Waals surface area contributed by atoms with Gasteiger partial charge in [-0.3, -0.25) is 19.3 Å². The molecule has 0 bridgehead atoms. The van der Waals surface area contributed by atoms with Crippen LogP contribution in [0.3, 0.4) is 0 Å². The largest absolute Gasteiger partial charge is 0.449 e. The molecule has 1 aliphatic rings. The van der Waals surface area contributed by atoms with E-state index >= 15 is 0 Å². The molecule has 0 unspecified atom stereocenters. The van der Waals surface area contributed by atoms with Crippen molar-refractivity contribution < 1.29 is 23.9 Å². The normalized spacial score (nSPS) is 14.3. The third-order valence-corrected chi connectivity index (χ3v) is 4.52. The average Bonchev–Trinajstić information content (AvgIpc) is 2.85. The van der Waals surface area contributed by atoms with Crippen molar-refractivity contribution in [3.05, 3.63) is 47.5 Å². The number of fused-ring (bicyclic) bond motifs is 1. The topological polar surface area (TPSA) is 84.0 Å². The zero-order chi connectivity index (χ0) is 21.2. The van der Waals surface area contributed by atoms with Gasteiger partial charge in [0, 0.05) is 18.6 Å². The molecule has 1 aliphatic heterocycles. The maximum absolute atomic E-state index is 12.6. The Morgan fingerprint density at radius 1 is 1.07 bits per heavy atom. The second-order valence-electron chi connectivity index (χ2n) is 7.25. The van der Waals surface area contributed by atoms with Crippen molar-refractivity contribution in [1.82, 2.24) is 9.80 Å². The Hall–Kier alpha value is -2.96. The number of carbonyl (C=O) groups excluding carboxylic acids is 4. The van der Waals surface area contributed by atoms with Crippen molar-refractivity contribution in [1.29, 1.82) is 0 Å². The molecule has 7 nitrogen and oxygen atoms in total. The second-order valence-corrected chi connectivity index (χ2v) is 7.25. The Bertz CT molecular complexity index is 820. The minimum Gasteiger partial charge on any atom is -0.449 e. The van der Waals surface area contributed by atoms with Gasteiger partial charge in [0.1, 0.15) is 0 Å². The molecule has 0 aromatic heterocycles. The van der Waals surface area contributed by atoms with E-state index in [-0.39, 0.29) is 41.2 Å². The molecular weight excluding hydrogens is 360 g/mol. The van der Waals surface area contributed by atoms with Crippen LogP contribution in [0.2, 0.25) is 0 Å². The molecule has 7 heteroatoms. The van der Waals surface area contributed by atoms with Gasteiger partial charge < -0.3 is 9.64 Å². The van der Waals surface area contributed by atoms with Gasteiger partial charge in [0.2, 0.25) is 0 Å². The monoisotopic (exact) mass is 386 g/mol. The summed E-state index contributed by atoms with van der Waals surface area (Å²) in [7, 11) is 0. The molecule has 0 fully saturated rings. The molecule has 0 aliphatic carbocycles. The van der Waals surface area contributed by atoms with Crippen LogP contribution in [-0.2, 0) is 9.53 Å². The van der Waals surface area contributed by atoms with Gasteiger partial charge in [0.05, 0.1) is 16.7 Å². The van der Waals surface area contributed by atoms with Crippen molar-refractivity contribution >= 4 is 23.7 Å². The number of esters is 1. The number of carbonyl (C=O) groups is 4. The minimum atomic E-state index is -0.972. The number of nitrogens with zero attached hydrogens (tertiary/aromatic N) is 2. The molecule has 28 heavy (non-hydrogen) atoms. The first kappa shape index (κ1) is 21.3. The Morgan fingerprint density at radius 3 is 2.18 bits per heavy atom. The highest BCUT2D eigenvalue weighted by Gasteiger charge is 2.35. The summed E-state index contributed by atoms with van der Waals surface area (Å²) in [5, 5.41) is 0. The van der Waals surface area contributed by atoms with Crippen LogP contribution in [0.5, 0.6) is 0 Å². The summed E-state index contributed by atoms with van der Waals surface area (Å²) in [6, 6.07) is 4.11. The van der Waals surface area contributed by atoms with E-state index in [0.717, 1.165) is 4.90 Å². The molecule has 0 saturated carbocycles. The Balaban J connectivity index is 2.19.